The van der Waals surface area contributed by atoms with Crippen LogP contribution in [0.15, 0.2) is 36.7 Å². The molecule has 8 heteroatoms. The molecule has 24 heavy (non-hydrogen) atoms. The van der Waals surface area contributed by atoms with E-state index < -0.39 is 0 Å². The molecule has 1 fully saturated rings. The Morgan fingerprint density at radius 3 is 2.54 bits per heavy atom. The van der Waals surface area contributed by atoms with Crippen LogP contribution >= 0.6 is 0 Å². The summed E-state index contributed by atoms with van der Waals surface area (Å²) in [5, 5.41) is 6.90. The van der Waals surface area contributed by atoms with E-state index in [4.69, 9.17) is 0 Å². The fourth-order valence-electron chi connectivity index (χ4n) is 2.61. The lowest BCUT2D eigenvalue weighted by Crippen LogP contribution is -2.53. The molecule has 0 atom stereocenters. The van der Waals surface area contributed by atoms with Gasteiger partial charge in [0.2, 0.25) is 0 Å². The zero-order valence-electron chi connectivity index (χ0n) is 13.6. The number of carbonyl (C=O) groups is 2. The van der Waals surface area contributed by atoms with Crippen LogP contribution in [0, 0.1) is 0 Å². The maximum Gasteiger partial charge on any atom is 0.317 e. The largest absolute Gasteiger partial charge is 0.338 e. The molecule has 0 saturated carbocycles. The predicted molar refractivity (Wildman–Crippen MR) is 87.9 cm³/mol. The van der Waals surface area contributed by atoms with Crippen LogP contribution < -0.4 is 5.32 Å². The van der Waals surface area contributed by atoms with Gasteiger partial charge in [0.05, 0.1) is 0 Å². The highest BCUT2D eigenvalue weighted by molar-refractivity contribution is 5.92. The molecule has 3 rings (SSSR count). The van der Waals surface area contributed by atoms with Crippen LogP contribution in [-0.4, -0.2) is 69.2 Å². The fraction of sp³-hybridized carbons (Fsp3) is 0.375. The van der Waals surface area contributed by atoms with Gasteiger partial charge in [0, 0.05) is 45.1 Å². The maximum atomic E-state index is 12.6. The number of nitrogens with zero attached hydrogens (tertiary/aromatic N) is 5. The standard InChI is InChI=1S/C16H20N6O2/c1-2-17-16(24)21-11-9-20(10-12-21)15(23)13-5-3-6-14(19-13)22-8-4-7-18-22/h3-8H,2,9-12H2,1H3,(H,17,24). The zero-order chi connectivity index (χ0) is 16.9. The lowest BCUT2D eigenvalue weighted by atomic mass is 10.2. The van der Waals surface area contributed by atoms with Gasteiger partial charge >= 0.3 is 6.03 Å². The minimum atomic E-state index is -0.125. The molecular formula is C16H20N6O2. The highest BCUT2D eigenvalue weighted by Crippen LogP contribution is 2.10. The predicted octanol–water partition coefficient (Wildman–Crippen LogP) is 0.755. The van der Waals surface area contributed by atoms with Crippen molar-refractivity contribution in [2.45, 2.75) is 6.92 Å². The Balaban J connectivity index is 1.66. The number of rotatable bonds is 3. The molecule has 2 aromatic heterocycles. The van der Waals surface area contributed by atoms with Gasteiger partial charge in [0.15, 0.2) is 5.82 Å². The van der Waals surface area contributed by atoms with Crippen LogP contribution in [0.4, 0.5) is 4.79 Å². The quantitative estimate of drug-likeness (QED) is 0.901. The third-order valence-corrected chi connectivity index (χ3v) is 3.87. The molecule has 2 aromatic rings. The van der Waals surface area contributed by atoms with E-state index in [1.165, 1.54) is 0 Å². The van der Waals surface area contributed by atoms with Crippen molar-refractivity contribution in [2.24, 2.45) is 0 Å². The minimum absolute atomic E-state index is 0.0802. The molecule has 1 N–H and O–H groups in total. The van der Waals surface area contributed by atoms with Crippen LogP contribution in [0.1, 0.15) is 17.4 Å². The van der Waals surface area contributed by atoms with Crippen LogP contribution in [0.25, 0.3) is 5.82 Å². The SMILES string of the molecule is CCNC(=O)N1CCN(C(=O)c2cccc(-n3cccn3)n2)CC1. The number of amides is 3. The first kappa shape index (κ1) is 16.0. The van der Waals surface area contributed by atoms with E-state index >= 15 is 0 Å². The monoisotopic (exact) mass is 328 g/mol. The average molecular weight is 328 g/mol. The van der Waals surface area contributed by atoms with E-state index in [0.717, 1.165) is 0 Å². The van der Waals surface area contributed by atoms with Crippen molar-refractivity contribution in [3.8, 4) is 5.82 Å². The van der Waals surface area contributed by atoms with Crippen LogP contribution in [0.3, 0.4) is 0 Å². The van der Waals surface area contributed by atoms with Gasteiger partial charge in [-0.15, -0.1) is 0 Å². The molecule has 8 nitrogen and oxygen atoms in total. The van der Waals surface area contributed by atoms with Crippen LogP contribution in [0.2, 0.25) is 0 Å². The molecule has 0 radical (unpaired) electrons. The second-order valence-corrected chi connectivity index (χ2v) is 5.45. The third-order valence-electron chi connectivity index (χ3n) is 3.87. The third kappa shape index (κ3) is 3.37. The Hall–Kier alpha value is -2.90. The number of aromatic nitrogens is 3. The molecule has 0 unspecified atom stereocenters. The highest BCUT2D eigenvalue weighted by Gasteiger charge is 2.25. The second-order valence-electron chi connectivity index (χ2n) is 5.45. The Kier molecular flexibility index (Phi) is 4.74. The maximum absolute atomic E-state index is 12.6. The van der Waals surface area contributed by atoms with Gasteiger partial charge in [-0.05, 0) is 25.1 Å². The number of piperazine rings is 1. The molecular weight excluding hydrogens is 308 g/mol. The van der Waals surface area contributed by atoms with Gasteiger partial charge in [-0.3, -0.25) is 4.79 Å². The summed E-state index contributed by atoms with van der Waals surface area (Å²) in [7, 11) is 0. The van der Waals surface area contributed by atoms with E-state index in [1.54, 1.807) is 51.1 Å². The summed E-state index contributed by atoms with van der Waals surface area (Å²) in [6, 6.07) is 7.02. The topological polar surface area (TPSA) is 83.4 Å². The van der Waals surface area contributed by atoms with Gasteiger partial charge in [-0.2, -0.15) is 5.10 Å². The van der Waals surface area contributed by atoms with Crippen molar-refractivity contribution in [1.82, 2.24) is 29.9 Å². The number of hydrogen-bond acceptors (Lipinski definition) is 4. The number of nitrogens with one attached hydrogen (secondary N) is 1. The van der Waals surface area contributed by atoms with Crippen molar-refractivity contribution in [3.63, 3.8) is 0 Å². The Bertz CT molecular complexity index is 707. The normalized spacial score (nSPS) is 14.5. The average Bonchev–Trinajstić information content (AvgIpc) is 3.16. The first-order valence-electron chi connectivity index (χ1n) is 7.98. The Morgan fingerprint density at radius 2 is 1.88 bits per heavy atom. The molecule has 3 amide bonds. The summed E-state index contributed by atoms with van der Waals surface area (Å²) in [5.41, 5.74) is 0.384. The van der Waals surface area contributed by atoms with E-state index in [2.05, 4.69) is 15.4 Å². The van der Waals surface area contributed by atoms with Crippen molar-refractivity contribution >= 4 is 11.9 Å². The van der Waals surface area contributed by atoms with E-state index in [0.29, 0.717) is 44.2 Å². The van der Waals surface area contributed by atoms with Gasteiger partial charge in [-0.1, -0.05) is 6.07 Å². The summed E-state index contributed by atoms with van der Waals surface area (Å²) in [6.45, 7) is 4.54. The molecule has 0 bridgehead atoms. The van der Waals surface area contributed by atoms with Gasteiger partial charge in [-0.25, -0.2) is 14.5 Å². The molecule has 1 aliphatic rings. The number of urea groups is 1. The van der Waals surface area contributed by atoms with E-state index in [-0.39, 0.29) is 11.9 Å². The van der Waals surface area contributed by atoms with Crippen LogP contribution in [0.5, 0.6) is 0 Å². The van der Waals surface area contributed by atoms with E-state index in [9.17, 15) is 9.59 Å². The van der Waals surface area contributed by atoms with Crippen molar-refractivity contribution in [1.29, 1.82) is 0 Å². The number of carbonyl (C=O) groups excluding carboxylic acids is 2. The molecule has 126 valence electrons. The fourth-order valence-corrected chi connectivity index (χ4v) is 2.61. The van der Waals surface area contributed by atoms with Crippen molar-refractivity contribution < 1.29 is 9.59 Å². The lowest BCUT2D eigenvalue weighted by molar-refractivity contribution is 0.0659. The van der Waals surface area contributed by atoms with Gasteiger partial charge < -0.3 is 15.1 Å². The number of hydrogen-bond donors (Lipinski definition) is 1. The van der Waals surface area contributed by atoms with Crippen molar-refractivity contribution in [2.75, 3.05) is 32.7 Å². The lowest BCUT2D eigenvalue weighted by Gasteiger charge is -2.34. The smallest absolute Gasteiger partial charge is 0.317 e. The molecule has 1 saturated heterocycles. The Morgan fingerprint density at radius 1 is 1.12 bits per heavy atom. The van der Waals surface area contributed by atoms with Crippen molar-refractivity contribution in [3.05, 3.63) is 42.4 Å². The molecule has 0 aromatic carbocycles. The Labute approximate surface area is 140 Å². The highest BCUT2D eigenvalue weighted by atomic mass is 16.2. The first-order chi connectivity index (χ1) is 11.7. The minimum Gasteiger partial charge on any atom is -0.338 e. The molecule has 0 spiro atoms. The first-order valence-corrected chi connectivity index (χ1v) is 7.98. The van der Waals surface area contributed by atoms with Gasteiger partial charge in [0.1, 0.15) is 5.69 Å². The zero-order valence-corrected chi connectivity index (χ0v) is 13.6. The molecule has 1 aliphatic heterocycles. The summed E-state index contributed by atoms with van der Waals surface area (Å²) < 4.78 is 1.61. The van der Waals surface area contributed by atoms with E-state index in [1.807, 2.05) is 6.92 Å². The summed E-state index contributed by atoms with van der Waals surface area (Å²) >= 11 is 0. The molecule has 0 aliphatic carbocycles. The second kappa shape index (κ2) is 7.12. The molecule has 3 heterocycles. The number of pyridine rings is 1. The summed E-state index contributed by atoms with van der Waals surface area (Å²) in [6.07, 6.45) is 3.44. The summed E-state index contributed by atoms with van der Waals surface area (Å²) in [4.78, 5) is 32.3. The van der Waals surface area contributed by atoms with Gasteiger partial charge in [0.25, 0.3) is 5.91 Å². The summed E-state index contributed by atoms with van der Waals surface area (Å²) in [5.74, 6) is 0.478. The van der Waals surface area contributed by atoms with Crippen LogP contribution in [-0.2, 0) is 0 Å².